The topological polar surface area (TPSA) is 58.6 Å². The first-order valence-electron chi connectivity index (χ1n) is 6.70. The largest absolute Gasteiger partial charge is 0.388 e. The number of carbonyl (C=O) groups is 1. The van der Waals surface area contributed by atoms with Crippen LogP contribution < -0.4 is 5.32 Å². The Morgan fingerprint density at radius 3 is 2.71 bits per heavy atom. The molecule has 2 rings (SSSR count). The lowest BCUT2D eigenvalue weighted by Crippen LogP contribution is -2.46. The minimum atomic E-state index is -0.870. The first kappa shape index (κ1) is 16.3. The van der Waals surface area contributed by atoms with Crippen LogP contribution in [-0.2, 0) is 9.53 Å². The number of carbonyl (C=O) groups excluding carboxylic acids is 1. The van der Waals surface area contributed by atoms with Crippen LogP contribution in [0.5, 0.6) is 0 Å². The van der Waals surface area contributed by atoms with Gasteiger partial charge in [-0.2, -0.15) is 0 Å². The Balaban J connectivity index is 1.86. The van der Waals surface area contributed by atoms with Crippen molar-refractivity contribution >= 4 is 35.2 Å². The van der Waals surface area contributed by atoms with Gasteiger partial charge >= 0.3 is 0 Å². The first-order chi connectivity index (χ1) is 9.98. The van der Waals surface area contributed by atoms with Crippen molar-refractivity contribution in [1.29, 1.82) is 0 Å². The number of rotatable bonds is 4. The van der Waals surface area contributed by atoms with E-state index in [0.29, 0.717) is 36.1 Å². The highest BCUT2D eigenvalue weighted by Crippen LogP contribution is 2.23. The van der Waals surface area contributed by atoms with Crippen LogP contribution in [0, 0.1) is 0 Å². The quantitative estimate of drug-likeness (QED) is 0.835. The monoisotopic (exact) mass is 329 g/mol. The highest BCUT2D eigenvalue weighted by molar-refractivity contribution is 6.42. The number of ether oxygens (including phenoxy) is 1. The molecule has 0 atom stereocenters. The van der Waals surface area contributed by atoms with E-state index in [1.807, 2.05) is 0 Å². The van der Waals surface area contributed by atoms with Gasteiger partial charge in [-0.3, -0.25) is 4.79 Å². The van der Waals surface area contributed by atoms with Crippen molar-refractivity contribution < 1.29 is 14.6 Å². The normalized spacial score (nSPS) is 17.9. The van der Waals surface area contributed by atoms with Crippen LogP contribution in [0.15, 0.2) is 24.3 Å². The Kier molecular flexibility index (Phi) is 5.65. The molecule has 1 fully saturated rings. The minimum absolute atomic E-state index is 0.223. The van der Waals surface area contributed by atoms with E-state index in [2.05, 4.69) is 5.32 Å². The summed E-state index contributed by atoms with van der Waals surface area (Å²) in [5.41, 5.74) is -0.0879. The summed E-state index contributed by atoms with van der Waals surface area (Å²) < 4.78 is 5.19. The standard InChI is InChI=1S/C15H17Cl2NO3/c16-12-3-1-11(9-13(12)17)2-4-14(19)18-10-15(20)5-7-21-8-6-15/h1-4,9,20H,5-8,10H2,(H,18,19)/b4-2+. The molecular formula is C15H17Cl2NO3. The average molecular weight is 330 g/mol. The summed E-state index contributed by atoms with van der Waals surface area (Å²) in [6, 6.07) is 5.12. The molecule has 1 aliphatic rings. The molecule has 6 heteroatoms. The van der Waals surface area contributed by atoms with E-state index in [4.69, 9.17) is 27.9 Å². The third-order valence-electron chi connectivity index (χ3n) is 3.39. The number of hydrogen-bond acceptors (Lipinski definition) is 3. The van der Waals surface area contributed by atoms with E-state index in [-0.39, 0.29) is 12.5 Å². The van der Waals surface area contributed by atoms with Crippen molar-refractivity contribution in [2.75, 3.05) is 19.8 Å². The number of hydrogen-bond donors (Lipinski definition) is 2. The van der Waals surface area contributed by atoms with Gasteiger partial charge in [0.05, 0.1) is 15.6 Å². The Labute approximate surface area is 133 Å². The maximum absolute atomic E-state index is 11.8. The Morgan fingerprint density at radius 1 is 1.33 bits per heavy atom. The summed E-state index contributed by atoms with van der Waals surface area (Å²) in [6.07, 6.45) is 4.11. The van der Waals surface area contributed by atoms with Crippen LogP contribution in [0.1, 0.15) is 18.4 Å². The van der Waals surface area contributed by atoms with Crippen LogP contribution in [0.4, 0.5) is 0 Å². The molecule has 0 aliphatic carbocycles. The smallest absolute Gasteiger partial charge is 0.244 e. The zero-order valence-corrected chi connectivity index (χ0v) is 13.0. The van der Waals surface area contributed by atoms with Crippen molar-refractivity contribution in [2.45, 2.75) is 18.4 Å². The molecule has 1 heterocycles. The highest BCUT2D eigenvalue weighted by atomic mass is 35.5. The second kappa shape index (κ2) is 7.27. The van der Waals surface area contributed by atoms with Gasteiger partial charge in [-0.05, 0) is 23.8 Å². The summed E-state index contributed by atoms with van der Waals surface area (Å²) in [4.78, 5) is 11.8. The van der Waals surface area contributed by atoms with Gasteiger partial charge in [-0.25, -0.2) is 0 Å². The van der Waals surface area contributed by atoms with E-state index in [1.54, 1.807) is 24.3 Å². The fraction of sp³-hybridized carbons (Fsp3) is 0.400. The van der Waals surface area contributed by atoms with Gasteiger partial charge in [0.2, 0.25) is 5.91 Å². The number of nitrogens with one attached hydrogen (secondary N) is 1. The maximum atomic E-state index is 11.8. The van der Waals surface area contributed by atoms with Crippen molar-refractivity contribution in [3.63, 3.8) is 0 Å². The molecule has 21 heavy (non-hydrogen) atoms. The predicted octanol–water partition coefficient (Wildman–Crippen LogP) is 2.66. The summed E-state index contributed by atoms with van der Waals surface area (Å²) >= 11 is 11.7. The first-order valence-corrected chi connectivity index (χ1v) is 7.45. The fourth-order valence-electron chi connectivity index (χ4n) is 2.03. The molecule has 0 saturated carbocycles. The Hall–Kier alpha value is -1.07. The van der Waals surface area contributed by atoms with Gasteiger partial charge in [-0.1, -0.05) is 29.3 Å². The van der Waals surface area contributed by atoms with Crippen LogP contribution in [-0.4, -0.2) is 36.4 Å². The third-order valence-corrected chi connectivity index (χ3v) is 4.13. The van der Waals surface area contributed by atoms with Crippen LogP contribution >= 0.6 is 23.2 Å². The van der Waals surface area contributed by atoms with Gasteiger partial charge in [0.1, 0.15) is 0 Å². The van der Waals surface area contributed by atoms with E-state index < -0.39 is 5.60 Å². The zero-order chi connectivity index (χ0) is 15.3. The number of amides is 1. The molecule has 2 N–H and O–H groups in total. The summed E-state index contributed by atoms with van der Waals surface area (Å²) in [7, 11) is 0. The van der Waals surface area contributed by atoms with Gasteiger partial charge < -0.3 is 15.2 Å². The van der Waals surface area contributed by atoms with Crippen LogP contribution in [0.3, 0.4) is 0 Å². The van der Waals surface area contributed by atoms with Crippen molar-refractivity contribution in [3.05, 3.63) is 39.9 Å². The lowest BCUT2D eigenvalue weighted by molar-refractivity contribution is -0.119. The van der Waals surface area contributed by atoms with E-state index in [1.165, 1.54) is 6.08 Å². The second-order valence-electron chi connectivity index (χ2n) is 5.06. The van der Waals surface area contributed by atoms with E-state index >= 15 is 0 Å². The molecule has 1 saturated heterocycles. The molecular weight excluding hydrogens is 313 g/mol. The number of benzene rings is 1. The fourth-order valence-corrected chi connectivity index (χ4v) is 2.33. The summed E-state index contributed by atoms with van der Waals surface area (Å²) in [5, 5.41) is 13.8. The van der Waals surface area contributed by atoms with Gasteiger partial charge in [0, 0.05) is 38.7 Å². The number of aliphatic hydroxyl groups is 1. The van der Waals surface area contributed by atoms with Gasteiger partial charge in [-0.15, -0.1) is 0 Å². The zero-order valence-electron chi connectivity index (χ0n) is 11.4. The van der Waals surface area contributed by atoms with E-state index in [0.717, 1.165) is 5.56 Å². The third kappa shape index (κ3) is 5.00. The molecule has 1 aromatic carbocycles. The van der Waals surface area contributed by atoms with Crippen molar-refractivity contribution in [2.24, 2.45) is 0 Å². The van der Waals surface area contributed by atoms with E-state index in [9.17, 15) is 9.90 Å². The molecule has 0 spiro atoms. The summed E-state index contributed by atoms with van der Waals surface area (Å²) in [6.45, 7) is 1.26. The molecule has 0 radical (unpaired) electrons. The summed E-state index contributed by atoms with van der Waals surface area (Å²) in [5.74, 6) is -0.263. The Bertz CT molecular complexity index is 540. The maximum Gasteiger partial charge on any atom is 0.244 e. The molecule has 0 unspecified atom stereocenters. The lowest BCUT2D eigenvalue weighted by atomic mass is 9.94. The van der Waals surface area contributed by atoms with Gasteiger partial charge in [0.25, 0.3) is 0 Å². The van der Waals surface area contributed by atoms with Crippen molar-refractivity contribution in [3.8, 4) is 0 Å². The number of halogens is 2. The molecule has 4 nitrogen and oxygen atoms in total. The molecule has 0 bridgehead atoms. The average Bonchev–Trinajstić information content (AvgIpc) is 2.47. The SMILES string of the molecule is O=C(/C=C/c1ccc(Cl)c(Cl)c1)NCC1(O)CCOCC1. The van der Waals surface area contributed by atoms with Gasteiger partial charge in [0.15, 0.2) is 0 Å². The van der Waals surface area contributed by atoms with Crippen LogP contribution in [0.2, 0.25) is 10.0 Å². The molecule has 1 amide bonds. The minimum Gasteiger partial charge on any atom is -0.388 e. The lowest BCUT2D eigenvalue weighted by Gasteiger charge is -2.31. The Morgan fingerprint density at radius 2 is 2.05 bits per heavy atom. The molecule has 0 aromatic heterocycles. The second-order valence-corrected chi connectivity index (χ2v) is 5.88. The predicted molar refractivity (Wildman–Crippen MR) is 83.5 cm³/mol. The van der Waals surface area contributed by atoms with Crippen LogP contribution in [0.25, 0.3) is 6.08 Å². The van der Waals surface area contributed by atoms with Crippen molar-refractivity contribution in [1.82, 2.24) is 5.32 Å². The molecule has 114 valence electrons. The highest BCUT2D eigenvalue weighted by Gasteiger charge is 2.29. The molecule has 1 aliphatic heterocycles. The molecule has 1 aromatic rings.